The van der Waals surface area contributed by atoms with E-state index in [1.165, 1.54) is 64.1 Å². The van der Waals surface area contributed by atoms with Gasteiger partial charge in [-0.3, -0.25) is 0 Å². The molecule has 14 rings (SSSR count). The second kappa shape index (κ2) is 15.2. The predicted octanol–water partition coefficient (Wildman–Crippen LogP) is 16.0. The highest BCUT2D eigenvalue weighted by Crippen LogP contribution is 2.46. The summed E-state index contributed by atoms with van der Waals surface area (Å²) in [6, 6.07) is 74.8. The second-order valence-corrected chi connectivity index (χ2v) is 19.2. The zero-order chi connectivity index (χ0) is 44.0. The van der Waals surface area contributed by atoms with Gasteiger partial charge in [0, 0.05) is 36.5 Å². The van der Waals surface area contributed by atoms with Gasteiger partial charge in [-0.1, -0.05) is 164 Å². The number of furan rings is 1. The van der Waals surface area contributed by atoms with Gasteiger partial charge in [-0.25, -0.2) is 9.98 Å². The smallest absolute Gasteiger partial charge is 0.169 e. The highest BCUT2D eigenvalue weighted by molar-refractivity contribution is 7.25. The van der Waals surface area contributed by atoms with Crippen LogP contribution in [-0.4, -0.2) is 11.7 Å². The first-order valence-corrected chi connectivity index (χ1v) is 23.9. The van der Waals surface area contributed by atoms with Crippen LogP contribution >= 0.6 is 11.3 Å². The van der Waals surface area contributed by atoms with E-state index in [0.717, 1.165) is 79.7 Å². The van der Waals surface area contributed by atoms with Gasteiger partial charge in [0.1, 0.15) is 22.8 Å². The molecule has 0 fully saturated rings. The first-order chi connectivity index (χ1) is 33.1. The van der Waals surface area contributed by atoms with Crippen LogP contribution in [0.15, 0.2) is 221 Å². The van der Waals surface area contributed by atoms with Crippen molar-refractivity contribution in [3.8, 4) is 22.3 Å². The SMILES string of the molecule is c1ccc(-c2cccc(C3=NC(c4ccc5c(c4)sc4ccccc45)N=C(c4ccc(CC5Cc6ccccc6-c6cc7ccccc7cc65)c5c4oc4cc6ccccc6cc45)N3)c2)cc1. The molecule has 0 bridgehead atoms. The standard InChI is InChI=1S/C62H41N3OS/c1-2-13-37(14-3-1)38-20-12-21-45(29-38)60-63-61(46-26-27-50-49-23-10-11-24-56(49)67-57(50)36-46)65-62(64-60)51-28-25-44(58-54-34-41-17-6-7-18-42(41)35-55(54)66-59(51)58)31-47-30-43-19-8-9-22-48(43)53-33-40-16-5-4-15-39(40)32-52(47)53/h1-29,32-36,47,61H,30-31H2,(H,63,64,65). The number of hydrogen-bond acceptors (Lipinski definition) is 5. The normalized spacial score (nSPS) is 15.8. The lowest BCUT2D eigenvalue weighted by atomic mass is 9.75. The summed E-state index contributed by atoms with van der Waals surface area (Å²) in [6.45, 7) is 0. The number of benzene rings is 10. The van der Waals surface area contributed by atoms with E-state index in [9.17, 15) is 0 Å². The number of aliphatic imine (C=N–C) groups is 2. The maximum Gasteiger partial charge on any atom is 0.169 e. The molecule has 1 N–H and O–H groups in total. The van der Waals surface area contributed by atoms with Crippen LogP contribution in [0.5, 0.6) is 0 Å². The summed E-state index contributed by atoms with van der Waals surface area (Å²) in [6.07, 6.45) is 1.33. The van der Waals surface area contributed by atoms with Crippen LogP contribution in [-0.2, 0) is 12.8 Å². The third-order valence-electron chi connectivity index (χ3n) is 14.1. The molecule has 0 radical (unpaired) electrons. The summed E-state index contributed by atoms with van der Waals surface area (Å²) in [7, 11) is 0. The number of amidine groups is 2. The molecule has 4 nitrogen and oxygen atoms in total. The summed E-state index contributed by atoms with van der Waals surface area (Å²) in [5.74, 6) is 1.77. The fraction of sp³-hybridized carbons (Fsp3) is 0.0645. The van der Waals surface area contributed by atoms with Gasteiger partial charge in [-0.2, -0.15) is 0 Å². The summed E-state index contributed by atoms with van der Waals surface area (Å²) in [5, 5.41) is 13.5. The lowest BCUT2D eigenvalue weighted by molar-refractivity contribution is 0.663. The van der Waals surface area contributed by atoms with Crippen LogP contribution in [0.25, 0.3) is 85.9 Å². The van der Waals surface area contributed by atoms with Gasteiger partial charge in [0.2, 0.25) is 0 Å². The summed E-state index contributed by atoms with van der Waals surface area (Å²) < 4.78 is 9.66. The lowest BCUT2D eigenvalue weighted by Crippen LogP contribution is -2.36. The van der Waals surface area contributed by atoms with E-state index in [2.05, 4.69) is 212 Å². The van der Waals surface area contributed by atoms with E-state index in [0.29, 0.717) is 0 Å². The van der Waals surface area contributed by atoms with Crippen LogP contribution in [0.3, 0.4) is 0 Å². The lowest BCUT2D eigenvalue weighted by Gasteiger charge is -2.29. The molecule has 3 heterocycles. The molecule has 1 aliphatic heterocycles. The highest BCUT2D eigenvalue weighted by Gasteiger charge is 2.29. The van der Waals surface area contributed by atoms with Crippen molar-refractivity contribution in [2.24, 2.45) is 9.98 Å². The molecule has 0 amide bonds. The Bertz CT molecular complexity index is 4040. The van der Waals surface area contributed by atoms with E-state index in [1.54, 1.807) is 0 Å². The molecular weight excluding hydrogens is 835 g/mol. The Morgan fingerprint density at radius 3 is 2.07 bits per heavy atom. The van der Waals surface area contributed by atoms with Crippen molar-refractivity contribution in [1.29, 1.82) is 0 Å². The van der Waals surface area contributed by atoms with Crippen LogP contribution < -0.4 is 5.32 Å². The molecule has 10 aromatic carbocycles. The van der Waals surface area contributed by atoms with Crippen LogP contribution in [0.1, 0.15) is 45.5 Å². The Morgan fingerprint density at radius 2 is 1.19 bits per heavy atom. The minimum atomic E-state index is -0.489. The summed E-state index contributed by atoms with van der Waals surface area (Å²) in [5.41, 5.74) is 13.7. The fourth-order valence-electron chi connectivity index (χ4n) is 10.9. The maximum absolute atomic E-state index is 7.15. The van der Waals surface area contributed by atoms with E-state index >= 15 is 0 Å². The highest BCUT2D eigenvalue weighted by atomic mass is 32.1. The molecule has 5 heteroatoms. The summed E-state index contributed by atoms with van der Waals surface area (Å²) >= 11 is 1.82. The van der Waals surface area contributed by atoms with Crippen molar-refractivity contribution < 1.29 is 4.42 Å². The van der Waals surface area contributed by atoms with Gasteiger partial charge in [-0.05, 0) is 127 Å². The number of nitrogens with one attached hydrogen (secondary N) is 1. The van der Waals surface area contributed by atoms with Gasteiger partial charge in [-0.15, -0.1) is 11.3 Å². The fourth-order valence-corrected chi connectivity index (χ4v) is 12.0. The quantitative estimate of drug-likeness (QED) is 0.181. The molecule has 12 aromatic rings. The molecule has 316 valence electrons. The van der Waals surface area contributed by atoms with Crippen molar-refractivity contribution in [3.05, 3.63) is 240 Å². The molecule has 2 aromatic heterocycles. The van der Waals surface area contributed by atoms with Crippen molar-refractivity contribution in [1.82, 2.24) is 5.32 Å². The van der Waals surface area contributed by atoms with E-state index in [4.69, 9.17) is 14.4 Å². The minimum Gasteiger partial charge on any atom is -0.455 e. The first kappa shape index (κ1) is 38.2. The number of fused-ring (bicyclic) bond motifs is 11. The molecule has 67 heavy (non-hydrogen) atoms. The minimum absolute atomic E-state index is 0.267. The Hall–Kier alpha value is -8.12. The van der Waals surface area contributed by atoms with E-state index < -0.39 is 6.17 Å². The number of rotatable bonds is 6. The van der Waals surface area contributed by atoms with E-state index in [1.807, 2.05) is 11.3 Å². The zero-order valence-corrected chi connectivity index (χ0v) is 37.2. The molecule has 0 saturated carbocycles. The molecule has 1 aliphatic carbocycles. The number of nitrogens with zero attached hydrogens (tertiary/aromatic N) is 2. The third kappa shape index (κ3) is 6.41. The second-order valence-electron chi connectivity index (χ2n) is 18.1. The summed E-state index contributed by atoms with van der Waals surface area (Å²) in [4.78, 5) is 10.9. The van der Waals surface area contributed by atoms with Crippen LogP contribution in [0.2, 0.25) is 0 Å². The Labute approximate surface area is 391 Å². The molecule has 2 atom stereocenters. The topological polar surface area (TPSA) is 49.9 Å². The Morgan fingerprint density at radius 1 is 0.493 bits per heavy atom. The van der Waals surface area contributed by atoms with Crippen molar-refractivity contribution in [2.45, 2.75) is 24.9 Å². The number of hydrogen-bond donors (Lipinski definition) is 1. The van der Waals surface area contributed by atoms with Crippen molar-refractivity contribution >= 4 is 86.7 Å². The average molecular weight is 876 g/mol. The Balaban J connectivity index is 0.948. The average Bonchev–Trinajstić information content (AvgIpc) is 3.96. The molecular formula is C62H41N3OS. The van der Waals surface area contributed by atoms with Crippen LogP contribution in [0, 0.1) is 0 Å². The monoisotopic (exact) mass is 875 g/mol. The maximum atomic E-state index is 7.15. The van der Waals surface area contributed by atoms with Crippen molar-refractivity contribution in [3.63, 3.8) is 0 Å². The molecule has 0 spiro atoms. The van der Waals surface area contributed by atoms with Gasteiger partial charge in [0.05, 0.1) is 5.56 Å². The largest absolute Gasteiger partial charge is 0.455 e. The van der Waals surface area contributed by atoms with Crippen molar-refractivity contribution in [2.75, 3.05) is 0 Å². The molecule has 0 saturated heterocycles. The van der Waals surface area contributed by atoms with Crippen LogP contribution in [0.4, 0.5) is 0 Å². The first-order valence-electron chi connectivity index (χ1n) is 23.1. The van der Waals surface area contributed by atoms with Gasteiger partial charge in [0.25, 0.3) is 0 Å². The Kier molecular flexibility index (Phi) is 8.68. The number of thiophene rings is 1. The van der Waals surface area contributed by atoms with Gasteiger partial charge >= 0.3 is 0 Å². The predicted molar refractivity (Wildman–Crippen MR) is 281 cm³/mol. The van der Waals surface area contributed by atoms with Gasteiger partial charge < -0.3 is 9.73 Å². The molecule has 2 aliphatic rings. The van der Waals surface area contributed by atoms with Gasteiger partial charge in [0.15, 0.2) is 6.17 Å². The van der Waals surface area contributed by atoms with E-state index in [-0.39, 0.29) is 5.92 Å². The molecule has 2 unspecified atom stereocenters. The third-order valence-corrected chi connectivity index (χ3v) is 15.2. The zero-order valence-electron chi connectivity index (χ0n) is 36.4.